The summed E-state index contributed by atoms with van der Waals surface area (Å²) in [5.74, 6) is 0.320. The number of hydrogen-bond donors (Lipinski definition) is 3. The number of hydrogen-bond acceptors (Lipinski definition) is 5. The zero-order valence-electron chi connectivity index (χ0n) is 23.2. The molecule has 7 heteroatoms. The molecule has 0 spiro atoms. The van der Waals surface area contributed by atoms with Crippen LogP contribution in [0.25, 0.3) is 39.3 Å². The normalized spacial score (nSPS) is 11.3. The Balaban J connectivity index is 0.00000172. The fraction of sp³-hybridized carbons (Fsp3) is 0.188. The highest BCUT2D eigenvalue weighted by molar-refractivity contribution is 5.92. The van der Waals surface area contributed by atoms with Gasteiger partial charge >= 0.3 is 0 Å². The Morgan fingerprint density at radius 1 is 1.05 bits per heavy atom. The maximum absolute atomic E-state index is 4.97. The van der Waals surface area contributed by atoms with Crippen molar-refractivity contribution in [3.05, 3.63) is 109 Å². The Hall–Kier alpha value is -4.78. The number of aromatic amines is 2. The lowest BCUT2D eigenvalue weighted by molar-refractivity contribution is 0.778. The average Bonchev–Trinajstić information content (AvgIpc) is 3.56. The molecule has 5 rings (SSSR count). The van der Waals surface area contributed by atoms with E-state index in [9.17, 15) is 0 Å². The predicted octanol–water partition coefficient (Wildman–Crippen LogP) is 7.94. The first-order valence-electron chi connectivity index (χ1n) is 13.1. The van der Waals surface area contributed by atoms with Gasteiger partial charge in [-0.05, 0) is 48.7 Å². The standard InChI is InChI=1S/C30H29N7.C2H6/c1-6-8-24(21-9-7-12-31-15-21)25-14-28(34-20(25)5)30-29-27(36-37-30)11-10-26(35-29)22-13-23(17-32-16-22)33-19(4)18(2)3;1-2/h6-18,33-34H,1,4H2,2-3,5H3,(H,36,37);1-2H3/b24-8-;. The SMILES string of the molecule is C=C/C=C(/c1cccnc1)c1cc(-c2n[nH]c3ccc(-c4cncc(NC(=C)C(C)C)c4)nc23)[nH]c1C.CC. The highest BCUT2D eigenvalue weighted by Crippen LogP contribution is 2.33. The minimum absolute atomic E-state index is 0.320. The molecule has 3 N–H and O–H groups in total. The van der Waals surface area contributed by atoms with E-state index >= 15 is 0 Å². The maximum atomic E-state index is 4.97. The van der Waals surface area contributed by atoms with Crippen molar-refractivity contribution >= 4 is 22.3 Å². The van der Waals surface area contributed by atoms with Crippen molar-refractivity contribution < 1.29 is 0 Å². The number of allylic oxidation sites excluding steroid dienone is 3. The van der Waals surface area contributed by atoms with Gasteiger partial charge in [0.2, 0.25) is 0 Å². The minimum Gasteiger partial charge on any atom is -0.358 e. The molecule has 39 heavy (non-hydrogen) atoms. The van der Waals surface area contributed by atoms with Crippen LogP contribution in [0.4, 0.5) is 5.69 Å². The molecule has 5 aromatic rings. The quantitative estimate of drug-likeness (QED) is 0.182. The smallest absolute Gasteiger partial charge is 0.135 e. The molecule has 0 bridgehead atoms. The van der Waals surface area contributed by atoms with Gasteiger partial charge in [0.25, 0.3) is 0 Å². The van der Waals surface area contributed by atoms with E-state index in [2.05, 4.69) is 70.5 Å². The molecule has 0 amide bonds. The molecule has 0 saturated heterocycles. The largest absolute Gasteiger partial charge is 0.358 e. The van der Waals surface area contributed by atoms with Crippen molar-refractivity contribution in [2.75, 3.05) is 5.32 Å². The average molecular weight is 518 g/mol. The van der Waals surface area contributed by atoms with Gasteiger partial charge in [0.05, 0.1) is 28.8 Å². The zero-order chi connectivity index (χ0) is 27.9. The van der Waals surface area contributed by atoms with Crippen molar-refractivity contribution in [3.8, 4) is 22.6 Å². The minimum atomic E-state index is 0.320. The Morgan fingerprint density at radius 2 is 1.87 bits per heavy atom. The third-order valence-corrected chi connectivity index (χ3v) is 6.26. The maximum Gasteiger partial charge on any atom is 0.135 e. The Kier molecular flexibility index (Phi) is 8.51. The lowest BCUT2D eigenvalue weighted by Crippen LogP contribution is -2.04. The van der Waals surface area contributed by atoms with Crippen LogP contribution in [0.15, 0.2) is 92.2 Å². The van der Waals surface area contributed by atoms with Crippen molar-refractivity contribution in [1.82, 2.24) is 30.1 Å². The van der Waals surface area contributed by atoms with Crippen molar-refractivity contribution in [2.45, 2.75) is 34.6 Å². The summed E-state index contributed by atoms with van der Waals surface area (Å²) in [6.07, 6.45) is 11.0. The van der Waals surface area contributed by atoms with Crippen molar-refractivity contribution in [2.24, 2.45) is 5.92 Å². The molecule has 0 aromatic carbocycles. The molecule has 198 valence electrons. The van der Waals surface area contributed by atoms with E-state index in [1.165, 1.54) is 0 Å². The number of rotatable bonds is 8. The van der Waals surface area contributed by atoms with Gasteiger partial charge in [0.15, 0.2) is 0 Å². The van der Waals surface area contributed by atoms with E-state index in [1.54, 1.807) is 18.5 Å². The summed E-state index contributed by atoms with van der Waals surface area (Å²) < 4.78 is 0. The van der Waals surface area contributed by atoms with Crippen LogP contribution >= 0.6 is 0 Å². The Bertz CT molecular complexity index is 1620. The van der Waals surface area contributed by atoms with E-state index < -0.39 is 0 Å². The molecule has 0 aliphatic carbocycles. The monoisotopic (exact) mass is 517 g/mol. The summed E-state index contributed by atoms with van der Waals surface area (Å²) >= 11 is 0. The van der Waals surface area contributed by atoms with Crippen molar-refractivity contribution in [3.63, 3.8) is 0 Å². The van der Waals surface area contributed by atoms with Crippen LogP contribution in [0.2, 0.25) is 0 Å². The lowest BCUT2D eigenvalue weighted by Gasteiger charge is -2.13. The highest BCUT2D eigenvalue weighted by Gasteiger charge is 2.17. The molecule has 0 unspecified atom stereocenters. The van der Waals surface area contributed by atoms with Crippen LogP contribution in [0, 0.1) is 12.8 Å². The number of H-pyrrole nitrogens is 2. The first kappa shape index (κ1) is 27.3. The number of pyridine rings is 3. The Morgan fingerprint density at radius 3 is 2.59 bits per heavy atom. The van der Waals surface area contributed by atoms with E-state index in [0.717, 1.165) is 67.5 Å². The third-order valence-electron chi connectivity index (χ3n) is 6.26. The molecular formula is C32H35N7. The van der Waals surface area contributed by atoms with Crippen LogP contribution in [-0.4, -0.2) is 30.1 Å². The number of anilines is 1. The Labute approximate surface area is 229 Å². The first-order valence-corrected chi connectivity index (χ1v) is 13.1. The summed E-state index contributed by atoms with van der Waals surface area (Å²) in [6, 6.07) is 12.1. The van der Waals surface area contributed by atoms with Gasteiger partial charge in [0.1, 0.15) is 11.2 Å². The lowest BCUT2D eigenvalue weighted by atomic mass is 9.99. The molecule has 0 saturated carbocycles. The second kappa shape index (κ2) is 12.2. The van der Waals surface area contributed by atoms with Gasteiger partial charge < -0.3 is 10.3 Å². The van der Waals surface area contributed by atoms with Gasteiger partial charge in [0, 0.05) is 46.7 Å². The van der Waals surface area contributed by atoms with Gasteiger partial charge in [-0.3, -0.25) is 15.1 Å². The second-order valence-electron chi connectivity index (χ2n) is 9.21. The summed E-state index contributed by atoms with van der Waals surface area (Å²) in [5, 5.41) is 11.1. The molecule has 0 atom stereocenters. The van der Waals surface area contributed by atoms with E-state index in [0.29, 0.717) is 5.92 Å². The zero-order valence-corrected chi connectivity index (χ0v) is 23.2. The molecular weight excluding hydrogens is 482 g/mol. The van der Waals surface area contributed by atoms with Crippen LogP contribution in [0.3, 0.4) is 0 Å². The summed E-state index contributed by atoms with van der Waals surface area (Å²) in [7, 11) is 0. The predicted molar refractivity (Wildman–Crippen MR) is 162 cm³/mol. The van der Waals surface area contributed by atoms with Crippen molar-refractivity contribution in [1.29, 1.82) is 0 Å². The summed E-state index contributed by atoms with van der Waals surface area (Å²) in [4.78, 5) is 17.2. The van der Waals surface area contributed by atoms with E-state index in [4.69, 9.17) is 4.98 Å². The number of aryl methyl sites for hydroxylation is 1. The molecule has 5 aromatic heterocycles. The first-order chi connectivity index (χ1) is 18.9. The number of nitrogens with one attached hydrogen (secondary N) is 3. The summed E-state index contributed by atoms with van der Waals surface area (Å²) in [6.45, 7) is 18.3. The fourth-order valence-electron chi connectivity index (χ4n) is 4.17. The van der Waals surface area contributed by atoms with Crippen LogP contribution in [-0.2, 0) is 0 Å². The van der Waals surface area contributed by atoms with E-state index in [-0.39, 0.29) is 0 Å². The van der Waals surface area contributed by atoms with Gasteiger partial charge in [-0.1, -0.05) is 59.1 Å². The molecule has 5 heterocycles. The number of fused-ring (bicyclic) bond motifs is 1. The molecule has 0 fully saturated rings. The number of nitrogens with zero attached hydrogens (tertiary/aromatic N) is 4. The van der Waals surface area contributed by atoms with Gasteiger partial charge in [-0.25, -0.2) is 4.98 Å². The van der Waals surface area contributed by atoms with Crippen LogP contribution in [0.5, 0.6) is 0 Å². The van der Waals surface area contributed by atoms with Crippen LogP contribution < -0.4 is 5.32 Å². The van der Waals surface area contributed by atoms with E-state index in [1.807, 2.05) is 62.6 Å². The summed E-state index contributed by atoms with van der Waals surface area (Å²) in [5.41, 5.74) is 11.0. The van der Waals surface area contributed by atoms with Gasteiger partial charge in [-0.2, -0.15) is 5.10 Å². The fourth-order valence-corrected chi connectivity index (χ4v) is 4.17. The molecule has 0 aliphatic rings. The third kappa shape index (κ3) is 5.88. The van der Waals surface area contributed by atoms with Crippen LogP contribution in [0.1, 0.15) is 44.5 Å². The number of aromatic nitrogens is 6. The molecule has 0 aliphatic heterocycles. The molecule has 7 nitrogen and oxygen atoms in total. The highest BCUT2D eigenvalue weighted by atomic mass is 15.1. The molecule has 0 radical (unpaired) electrons. The topological polar surface area (TPSA) is 95.2 Å². The second-order valence-corrected chi connectivity index (χ2v) is 9.21. The van der Waals surface area contributed by atoms with Gasteiger partial charge in [-0.15, -0.1) is 0 Å².